The van der Waals surface area contributed by atoms with Crippen LogP contribution in [0.5, 0.6) is 0 Å². The van der Waals surface area contributed by atoms with Crippen molar-refractivity contribution < 1.29 is 8.98 Å². The molecule has 0 spiro atoms. The van der Waals surface area contributed by atoms with Gasteiger partial charge in [-0.3, -0.25) is 0 Å². The Morgan fingerprint density at radius 2 is 1.67 bits per heavy atom. The molecule has 0 saturated carbocycles. The quantitative estimate of drug-likeness (QED) is 0.352. The number of imidazole rings is 1. The highest BCUT2D eigenvalue weighted by atomic mass is 79.9. The summed E-state index contributed by atoms with van der Waals surface area (Å²) in [5.74, 6) is 0.963. The molecule has 27 heavy (non-hydrogen) atoms. The van der Waals surface area contributed by atoms with Crippen molar-refractivity contribution in [3.63, 3.8) is 0 Å². The van der Waals surface area contributed by atoms with E-state index in [1.54, 1.807) is 0 Å². The second-order valence-corrected chi connectivity index (χ2v) is 7.56. The largest absolute Gasteiger partial charge is 0.457 e. The van der Waals surface area contributed by atoms with E-state index in [1.165, 1.54) is 16.6 Å². The molecule has 132 valence electrons. The lowest BCUT2D eigenvalue weighted by Crippen LogP contribution is -2.33. The Bertz CT molecular complexity index is 1220. The van der Waals surface area contributed by atoms with Crippen LogP contribution in [0.15, 0.2) is 94.1 Å². The highest BCUT2D eigenvalue weighted by Crippen LogP contribution is 2.22. The van der Waals surface area contributed by atoms with E-state index in [-0.39, 0.29) is 0 Å². The van der Waals surface area contributed by atoms with Crippen molar-refractivity contribution in [2.24, 2.45) is 0 Å². The molecule has 0 saturated heterocycles. The van der Waals surface area contributed by atoms with Crippen LogP contribution in [0.25, 0.3) is 22.0 Å². The van der Waals surface area contributed by atoms with Gasteiger partial charge >= 0.3 is 0 Å². The third kappa shape index (κ3) is 3.06. The molecule has 5 aromatic rings. The van der Waals surface area contributed by atoms with Gasteiger partial charge < -0.3 is 4.42 Å². The molecule has 0 unspecified atom stereocenters. The smallest absolute Gasteiger partial charge is 0.245 e. The second-order valence-electron chi connectivity index (χ2n) is 6.70. The first-order valence-corrected chi connectivity index (χ1v) is 9.75. The minimum atomic E-state index is 0.707. The second kappa shape index (κ2) is 6.71. The van der Waals surface area contributed by atoms with Gasteiger partial charge in [-0.25, -0.2) is 9.13 Å². The fourth-order valence-electron chi connectivity index (χ4n) is 3.59. The Morgan fingerprint density at radius 3 is 2.56 bits per heavy atom. The van der Waals surface area contributed by atoms with Crippen molar-refractivity contribution in [1.82, 2.24) is 4.57 Å². The number of nitrogens with zero attached hydrogens (tertiary/aromatic N) is 2. The number of hydrogen-bond acceptors (Lipinski definition) is 1. The van der Waals surface area contributed by atoms with Crippen molar-refractivity contribution in [3.8, 4) is 0 Å². The van der Waals surface area contributed by atoms with Crippen LogP contribution in [0.2, 0.25) is 0 Å². The number of aromatic nitrogens is 2. The van der Waals surface area contributed by atoms with Crippen LogP contribution in [-0.4, -0.2) is 4.57 Å². The van der Waals surface area contributed by atoms with Gasteiger partial charge in [-0.15, -0.1) is 0 Å². The van der Waals surface area contributed by atoms with E-state index >= 15 is 0 Å². The van der Waals surface area contributed by atoms with Crippen LogP contribution in [0.3, 0.4) is 0 Å². The fourth-order valence-corrected chi connectivity index (χ4v) is 4.00. The summed E-state index contributed by atoms with van der Waals surface area (Å²) in [6, 6.07) is 27.1. The zero-order valence-corrected chi connectivity index (χ0v) is 16.3. The summed E-state index contributed by atoms with van der Waals surface area (Å²) in [5.41, 5.74) is 4.61. The van der Waals surface area contributed by atoms with Crippen LogP contribution < -0.4 is 4.57 Å². The topological polar surface area (TPSA) is 21.9 Å². The normalized spacial score (nSPS) is 11.4. The van der Waals surface area contributed by atoms with E-state index < -0.39 is 0 Å². The van der Waals surface area contributed by atoms with Crippen molar-refractivity contribution in [2.45, 2.75) is 13.1 Å². The molecule has 0 atom stereocenters. The van der Waals surface area contributed by atoms with Crippen LogP contribution in [0, 0.1) is 0 Å². The van der Waals surface area contributed by atoms with Crippen molar-refractivity contribution in [2.75, 3.05) is 0 Å². The number of furan rings is 1. The summed E-state index contributed by atoms with van der Waals surface area (Å²) >= 11 is 3.66. The Labute approximate surface area is 165 Å². The average molecular weight is 418 g/mol. The standard InChI is InChI=1S/C23H18BrN2O/c24-20-9-3-1-8-18(20)14-25-16-26(22-11-5-4-10-21(22)25)15-19-13-17-7-2-6-12-23(17)27-19/h1-13,16H,14-15H2/q+1. The summed E-state index contributed by atoms with van der Waals surface area (Å²) in [5, 5.41) is 1.14. The molecule has 2 aromatic heterocycles. The first-order chi connectivity index (χ1) is 13.3. The third-order valence-corrected chi connectivity index (χ3v) is 5.65. The lowest BCUT2D eigenvalue weighted by atomic mass is 10.2. The van der Waals surface area contributed by atoms with Gasteiger partial charge in [0.25, 0.3) is 0 Å². The molecule has 4 heteroatoms. The third-order valence-electron chi connectivity index (χ3n) is 4.88. The van der Waals surface area contributed by atoms with Crippen molar-refractivity contribution in [3.05, 3.63) is 101 Å². The molecule has 0 bridgehead atoms. The highest BCUT2D eigenvalue weighted by molar-refractivity contribution is 9.10. The molecule has 0 N–H and O–H groups in total. The number of rotatable bonds is 4. The molecule has 3 aromatic carbocycles. The van der Waals surface area contributed by atoms with E-state index in [0.717, 1.165) is 27.7 Å². The maximum absolute atomic E-state index is 6.03. The van der Waals surface area contributed by atoms with E-state index in [4.69, 9.17) is 4.42 Å². The molecule has 2 heterocycles. The van der Waals surface area contributed by atoms with Gasteiger partial charge in [0.05, 0.1) is 0 Å². The molecule has 0 radical (unpaired) electrons. The minimum Gasteiger partial charge on any atom is -0.457 e. The van der Waals surface area contributed by atoms with Crippen LogP contribution in [-0.2, 0) is 13.1 Å². The van der Waals surface area contributed by atoms with Crippen LogP contribution in [0.4, 0.5) is 0 Å². The molecule has 0 amide bonds. The van der Waals surface area contributed by atoms with E-state index in [9.17, 15) is 0 Å². The molecular weight excluding hydrogens is 400 g/mol. The first kappa shape index (κ1) is 16.3. The van der Waals surface area contributed by atoms with Gasteiger partial charge in [-0.2, -0.15) is 0 Å². The summed E-state index contributed by atoms with van der Waals surface area (Å²) in [7, 11) is 0. The van der Waals surface area contributed by atoms with E-state index in [0.29, 0.717) is 6.54 Å². The number of para-hydroxylation sites is 3. The summed E-state index contributed by atoms with van der Waals surface area (Å²) in [6.07, 6.45) is 2.18. The maximum atomic E-state index is 6.03. The molecule has 0 fully saturated rings. The summed E-state index contributed by atoms with van der Waals surface area (Å²) in [4.78, 5) is 0. The van der Waals surface area contributed by atoms with Gasteiger partial charge in [0.1, 0.15) is 24.4 Å². The Balaban J connectivity index is 1.55. The highest BCUT2D eigenvalue weighted by Gasteiger charge is 2.18. The Morgan fingerprint density at radius 1 is 0.889 bits per heavy atom. The van der Waals surface area contributed by atoms with Crippen LogP contribution in [0.1, 0.15) is 11.3 Å². The lowest BCUT2D eigenvalue weighted by molar-refractivity contribution is -0.663. The van der Waals surface area contributed by atoms with Gasteiger partial charge in [0.2, 0.25) is 6.33 Å². The monoisotopic (exact) mass is 417 g/mol. The van der Waals surface area contributed by atoms with Crippen molar-refractivity contribution in [1.29, 1.82) is 0 Å². The lowest BCUT2D eigenvalue weighted by Gasteiger charge is -2.01. The zero-order chi connectivity index (χ0) is 18.2. The number of fused-ring (bicyclic) bond motifs is 2. The Kier molecular flexibility index (Phi) is 4.06. The predicted octanol–water partition coefficient (Wildman–Crippen LogP) is 5.53. The molecule has 3 nitrogen and oxygen atoms in total. The SMILES string of the molecule is Brc1ccccc1C[n+]1cn(Cc2cc3ccccc3o2)c2ccccc21. The van der Waals surface area contributed by atoms with Gasteiger partial charge in [-0.1, -0.05) is 64.5 Å². The Hall–Kier alpha value is -2.85. The van der Waals surface area contributed by atoms with Gasteiger partial charge in [-0.05, 0) is 30.3 Å². The summed E-state index contributed by atoms with van der Waals surface area (Å²) < 4.78 is 11.7. The number of halogens is 1. The van der Waals surface area contributed by atoms with Gasteiger partial charge in [0, 0.05) is 15.4 Å². The maximum Gasteiger partial charge on any atom is 0.245 e. The predicted molar refractivity (Wildman–Crippen MR) is 111 cm³/mol. The van der Waals surface area contributed by atoms with Crippen molar-refractivity contribution >= 4 is 37.9 Å². The molecule has 0 aliphatic heterocycles. The molecular formula is C23H18BrN2O+. The zero-order valence-electron chi connectivity index (χ0n) is 14.7. The molecule has 5 rings (SSSR count). The number of benzene rings is 3. The van der Waals surface area contributed by atoms with Crippen LogP contribution >= 0.6 is 15.9 Å². The average Bonchev–Trinajstić information content (AvgIpc) is 3.25. The number of hydrogen-bond donors (Lipinski definition) is 0. The first-order valence-electron chi connectivity index (χ1n) is 8.96. The van der Waals surface area contributed by atoms with E-state index in [1.807, 2.05) is 24.3 Å². The minimum absolute atomic E-state index is 0.707. The van der Waals surface area contributed by atoms with E-state index in [2.05, 4.69) is 86.0 Å². The van der Waals surface area contributed by atoms with Gasteiger partial charge in [0.15, 0.2) is 11.0 Å². The molecule has 0 aliphatic rings. The molecule has 0 aliphatic carbocycles. The summed E-state index contributed by atoms with van der Waals surface area (Å²) in [6.45, 7) is 1.52. The fraction of sp³-hybridized carbons (Fsp3) is 0.0870.